The average molecular weight is 498 g/mol. The van der Waals surface area contributed by atoms with Crippen LogP contribution in [0.1, 0.15) is 24.0 Å². The Kier molecular flexibility index (Phi) is 7.47. The van der Waals surface area contributed by atoms with Gasteiger partial charge >= 0.3 is 0 Å². The monoisotopic (exact) mass is 497 g/mol. The third-order valence-electron chi connectivity index (χ3n) is 7.16. The van der Waals surface area contributed by atoms with Gasteiger partial charge in [-0.25, -0.2) is 8.78 Å². The van der Waals surface area contributed by atoms with Gasteiger partial charge in [-0.1, -0.05) is 42.5 Å². The lowest BCUT2D eigenvalue weighted by molar-refractivity contribution is -0.899. The van der Waals surface area contributed by atoms with Gasteiger partial charge in [-0.3, -0.25) is 4.79 Å². The predicted octanol–water partition coefficient (Wildman–Crippen LogP) is 5.09. The zero-order valence-electron chi connectivity index (χ0n) is 19.8. The topological polar surface area (TPSA) is 63.3 Å². The van der Waals surface area contributed by atoms with E-state index in [-0.39, 0.29) is 11.7 Å². The van der Waals surface area contributed by atoms with E-state index in [9.17, 15) is 18.7 Å². The molecule has 0 saturated carbocycles. The summed E-state index contributed by atoms with van der Waals surface area (Å²) in [6.07, 6.45) is 1.68. The first-order chi connectivity index (χ1) is 16.7. The van der Waals surface area contributed by atoms with Crippen molar-refractivity contribution in [2.24, 2.45) is 11.7 Å². The van der Waals surface area contributed by atoms with Gasteiger partial charge in [-0.2, -0.15) is 0 Å². The van der Waals surface area contributed by atoms with Crippen molar-refractivity contribution in [3.8, 4) is 5.75 Å². The number of phenolic OH excluding ortho intramolecular Hbond substituents is 1. The molecule has 0 aromatic heterocycles. The second-order valence-corrected chi connectivity index (χ2v) is 10.8. The number of rotatable bonds is 9. The van der Waals surface area contributed by atoms with Crippen molar-refractivity contribution in [2.75, 3.05) is 32.4 Å². The number of nitrogens with two attached hydrogens (primary N) is 1. The van der Waals surface area contributed by atoms with Gasteiger partial charge in [-0.05, 0) is 35.4 Å². The molecule has 184 valence electrons. The summed E-state index contributed by atoms with van der Waals surface area (Å²) in [6, 6.07) is 20.1. The minimum atomic E-state index is -1.05. The maximum atomic E-state index is 13.5. The maximum absolute atomic E-state index is 13.5. The summed E-state index contributed by atoms with van der Waals surface area (Å²) in [5.74, 6) is -0.747. The zero-order valence-corrected chi connectivity index (χ0v) is 20.6. The number of primary amides is 1. The minimum absolute atomic E-state index is 0.0424. The summed E-state index contributed by atoms with van der Waals surface area (Å²) in [4.78, 5) is 13.9. The van der Waals surface area contributed by atoms with Crippen molar-refractivity contribution in [3.63, 3.8) is 0 Å². The fourth-order valence-electron chi connectivity index (χ4n) is 5.56. The molecule has 1 saturated heterocycles. The van der Waals surface area contributed by atoms with Gasteiger partial charge in [0.1, 0.15) is 22.8 Å². The highest BCUT2D eigenvalue weighted by Gasteiger charge is 2.53. The molecule has 3 N–H and O–H groups in total. The number of amides is 1. The van der Waals surface area contributed by atoms with E-state index in [0.717, 1.165) is 54.3 Å². The van der Waals surface area contributed by atoms with Gasteiger partial charge in [0.05, 0.1) is 26.7 Å². The molecule has 1 aliphatic rings. The van der Waals surface area contributed by atoms with Crippen molar-refractivity contribution in [2.45, 2.75) is 23.2 Å². The van der Waals surface area contributed by atoms with Crippen molar-refractivity contribution < 1.29 is 23.2 Å². The van der Waals surface area contributed by atoms with E-state index >= 15 is 0 Å². The van der Waals surface area contributed by atoms with Crippen LogP contribution in [0.25, 0.3) is 0 Å². The van der Waals surface area contributed by atoms with Crippen LogP contribution in [0.15, 0.2) is 77.7 Å². The number of hydrogen-bond donors (Lipinski definition) is 2. The number of aromatic hydroxyl groups is 1. The van der Waals surface area contributed by atoms with Crippen LogP contribution in [0.4, 0.5) is 8.78 Å². The second-order valence-electron chi connectivity index (χ2n) is 9.63. The second kappa shape index (κ2) is 10.4. The number of thioether (sulfide) groups is 1. The van der Waals surface area contributed by atoms with E-state index in [4.69, 9.17) is 5.73 Å². The number of nitrogens with zero attached hydrogens (tertiary/aromatic N) is 1. The fraction of sp³-hybridized carbons (Fsp3) is 0.321. The van der Waals surface area contributed by atoms with Gasteiger partial charge in [-0.15, -0.1) is 11.8 Å². The molecular weight excluding hydrogens is 466 g/mol. The number of phenols is 1. The molecule has 1 aliphatic heterocycles. The summed E-state index contributed by atoms with van der Waals surface area (Å²) in [5, 5.41) is 10.2. The van der Waals surface area contributed by atoms with E-state index < -0.39 is 23.0 Å². The molecule has 1 fully saturated rings. The highest BCUT2D eigenvalue weighted by molar-refractivity contribution is 7.99. The summed E-state index contributed by atoms with van der Waals surface area (Å²) in [5.41, 5.74) is 6.66. The van der Waals surface area contributed by atoms with Crippen molar-refractivity contribution in [1.82, 2.24) is 0 Å². The maximum Gasteiger partial charge on any atom is 0.233 e. The highest BCUT2D eigenvalue weighted by atomic mass is 32.2. The molecule has 35 heavy (non-hydrogen) atoms. The van der Waals surface area contributed by atoms with Crippen molar-refractivity contribution in [3.05, 3.63) is 95.6 Å². The van der Waals surface area contributed by atoms with Crippen LogP contribution in [0, 0.1) is 17.6 Å². The fourth-order valence-corrected chi connectivity index (χ4v) is 6.46. The van der Waals surface area contributed by atoms with Crippen LogP contribution in [0.2, 0.25) is 0 Å². The van der Waals surface area contributed by atoms with Crippen LogP contribution in [0.3, 0.4) is 0 Å². The van der Waals surface area contributed by atoms with E-state index in [0.29, 0.717) is 10.5 Å². The van der Waals surface area contributed by atoms with Crippen LogP contribution in [-0.2, 0) is 10.2 Å². The number of hydrogen-bond acceptors (Lipinski definition) is 3. The van der Waals surface area contributed by atoms with E-state index in [1.807, 2.05) is 36.4 Å². The molecule has 0 radical (unpaired) electrons. The molecular formula is C28H31F2N2O2S+. The molecule has 0 aliphatic carbocycles. The third kappa shape index (κ3) is 5.36. The molecule has 3 aromatic carbocycles. The Hall–Kier alpha value is -2.90. The van der Waals surface area contributed by atoms with E-state index in [1.165, 1.54) is 23.9 Å². The Balaban J connectivity index is 1.53. The first kappa shape index (κ1) is 25.2. The first-order valence-electron chi connectivity index (χ1n) is 11.8. The molecule has 0 bridgehead atoms. The van der Waals surface area contributed by atoms with Gasteiger partial charge < -0.3 is 15.3 Å². The third-order valence-corrected chi connectivity index (χ3v) is 8.22. The van der Waals surface area contributed by atoms with E-state index in [2.05, 4.69) is 7.05 Å². The number of likely N-dealkylation sites (tertiary alicyclic amines) is 1. The SMILES string of the molecule is C[N+]1(CCCSc2cc(F)cc(F)c2)CC[C@@H](C(C(N)=O)(c2ccccc2)c2cccc(O)c2)C1. The van der Waals surface area contributed by atoms with Crippen LogP contribution < -0.4 is 5.73 Å². The van der Waals surface area contributed by atoms with Gasteiger partial charge in [0.25, 0.3) is 0 Å². The Morgan fingerprint density at radius 3 is 2.40 bits per heavy atom. The lowest BCUT2D eigenvalue weighted by Crippen LogP contribution is -2.51. The summed E-state index contributed by atoms with van der Waals surface area (Å²) in [7, 11) is 2.19. The quantitative estimate of drug-likeness (QED) is 0.246. The Bertz CT molecular complexity index is 1170. The molecule has 0 spiro atoms. The number of halogens is 2. The van der Waals surface area contributed by atoms with E-state index in [1.54, 1.807) is 18.2 Å². The van der Waals surface area contributed by atoms with Crippen molar-refractivity contribution in [1.29, 1.82) is 0 Å². The normalized spacial score (nSPS) is 21.5. The van der Waals surface area contributed by atoms with Crippen molar-refractivity contribution >= 4 is 17.7 Å². The average Bonchev–Trinajstić information content (AvgIpc) is 3.19. The Morgan fingerprint density at radius 1 is 1.06 bits per heavy atom. The first-order valence-corrected chi connectivity index (χ1v) is 12.8. The molecule has 1 amide bonds. The Morgan fingerprint density at radius 2 is 1.74 bits per heavy atom. The molecule has 2 unspecified atom stereocenters. The lowest BCUT2D eigenvalue weighted by Gasteiger charge is -2.38. The van der Waals surface area contributed by atoms with Crippen LogP contribution >= 0.6 is 11.8 Å². The van der Waals surface area contributed by atoms with Gasteiger partial charge in [0.2, 0.25) is 5.91 Å². The number of quaternary nitrogens is 1. The molecule has 1 heterocycles. The molecule has 4 rings (SSSR count). The minimum Gasteiger partial charge on any atom is -0.508 e. The molecule has 4 nitrogen and oxygen atoms in total. The van der Waals surface area contributed by atoms with Crippen LogP contribution in [-0.4, -0.2) is 47.9 Å². The zero-order chi connectivity index (χ0) is 25.1. The summed E-state index contributed by atoms with van der Waals surface area (Å²) >= 11 is 1.45. The van der Waals surface area contributed by atoms with Gasteiger partial charge in [0.15, 0.2) is 0 Å². The van der Waals surface area contributed by atoms with Gasteiger partial charge in [0, 0.05) is 35.5 Å². The molecule has 3 atom stereocenters. The largest absolute Gasteiger partial charge is 0.508 e. The standard InChI is InChI=1S/C28H30F2N2O2S/c1-32(12-6-14-35-26-17-23(29)16-24(30)18-26)13-11-22(19-32)28(27(31)34,20-7-3-2-4-8-20)21-9-5-10-25(33)15-21/h2-5,7-10,15-18,22H,6,11-14,19H2,1H3,(H2-,31,33,34)/p+1/t22-,28?,32?/m1/s1. The van der Waals surface area contributed by atoms with Crippen LogP contribution in [0.5, 0.6) is 5.75 Å². The molecule has 7 heteroatoms. The highest BCUT2D eigenvalue weighted by Crippen LogP contribution is 2.45. The summed E-state index contributed by atoms with van der Waals surface area (Å²) < 4.78 is 27.7. The summed E-state index contributed by atoms with van der Waals surface area (Å²) in [6.45, 7) is 2.53. The smallest absolute Gasteiger partial charge is 0.233 e. The number of carbonyl (C=O) groups excluding carboxylic acids is 1. The Labute approximate surface area is 209 Å². The number of carbonyl (C=O) groups is 1. The molecule has 3 aromatic rings. The lowest BCUT2D eigenvalue weighted by atomic mass is 9.64. The predicted molar refractivity (Wildman–Crippen MR) is 135 cm³/mol. The number of benzene rings is 3.